The summed E-state index contributed by atoms with van der Waals surface area (Å²) >= 11 is 6.10. The van der Waals surface area contributed by atoms with Crippen molar-refractivity contribution in [1.29, 1.82) is 0 Å². The molecule has 0 amide bonds. The molecule has 0 aliphatic heterocycles. The quantitative estimate of drug-likeness (QED) is 0.891. The van der Waals surface area contributed by atoms with Gasteiger partial charge in [-0.05, 0) is 45.9 Å². The van der Waals surface area contributed by atoms with Crippen molar-refractivity contribution in [1.82, 2.24) is 10.5 Å². The van der Waals surface area contributed by atoms with Crippen LogP contribution in [0.1, 0.15) is 48.5 Å². The van der Waals surface area contributed by atoms with Gasteiger partial charge < -0.3 is 14.6 Å². The molecular formula is C16H21ClN2O2. The maximum atomic E-state index is 6.10. The third kappa shape index (κ3) is 3.39. The number of ether oxygens (including phenoxy) is 1. The molecule has 5 heteroatoms. The summed E-state index contributed by atoms with van der Waals surface area (Å²) in [6.45, 7) is 8.07. The van der Waals surface area contributed by atoms with Crippen LogP contribution < -0.4 is 10.1 Å². The van der Waals surface area contributed by atoms with Gasteiger partial charge in [0, 0.05) is 28.2 Å². The summed E-state index contributed by atoms with van der Waals surface area (Å²) in [5.74, 6) is 1.67. The predicted octanol–water partition coefficient (Wildman–Crippen LogP) is 4.37. The molecule has 2 unspecified atom stereocenters. The summed E-state index contributed by atoms with van der Waals surface area (Å²) in [6, 6.07) is 5.85. The molecule has 21 heavy (non-hydrogen) atoms. The minimum absolute atomic E-state index is 0.0855. The van der Waals surface area contributed by atoms with E-state index in [1.54, 1.807) is 7.11 Å². The highest BCUT2D eigenvalue weighted by molar-refractivity contribution is 6.30. The highest BCUT2D eigenvalue weighted by Crippen LogP contribution is 2.30. The van der Waals surface area contributed by atoms with Crippen LogP contribution in [0.3, 0.4) is 0 Å². The van der Waals surface area contributed by atoms with Crippen LogP contribution in [0.15, 0.2) is 22.7 Å². The second-order valence-corrected chi connectivity index (χ2v) is 5.67. The summed E-state index contributed by atoms with van der Waals surface area (Å²) in [7, 11) is 1.66. The molecule has 1 N–H and O–H groups in total. The van der Waals surface area contributed by atoms with Gasteiger partial charge in [0.25, 0.3) is 0 Å². The van der Waals surface area contributed by atoms with Gasteiger partial charge in [-0.25, -0.2) is 0 Å². The second-order valence-electron chi connectivity index (χ2n) is 5.23. The first-order valence-electron chi connectivity index (χ1n) is 6.96. The van der Waals surface area contributed by atoms with E-state index in [0.29, 0.717) is 5.02 Å². The van der Waals surface area contributed by atoms with E-state index in [4.69, 9.17) is 20.9 Å². The maximum Gasteiger partial charge on any atom is 0.138 e. The lowest BCUT2D eigenvalue weighted by molar-refractivity contribution is 0.386. The van der Waals surface area contributed by atoms with E-state index in [1.165, 1.54) is 0 Å². The van der Waals surface area contributed by atoms with E-state index in [0.717, 1.165) is 28.3 Å². The lowest BCUT2D eigenvalue weighted by atomic mass is 10.0. The molecule has 0 fully saturated rings. The molecule has 0 bridgehead atoms. The number of nitrogens with zero attached hydrogens (tertiary/aromatic N) is 1. The molecule has 0 aliphatic rings. The van der Waals surface area contributed by atoms with Crippen molar-refractivity contribution < 1.29 is 9.26 Å². The normalized spacial score (nSPS) is 14.0. The highest BCUT2D eigenvalue weighted by atomic mass is 35.5. The van der Waals surface area contributed by atoms with Gasteiger partial charge >= 0.3 is 0 Å². The number of methoxy groups -OCH3 is 1. The monoisotopic (exact) mass is 308 g/mol. The number of aromatic nitrogens is 1. The van der Waals surface area contributed by atoms with Crippen LogP contribution in [0.2, 0.25) is 5.02 Å². The minimum atomic E-state index is 0.0855. The Morgan fingerprint density at radius 2 is 1.95 bits per heavy atom. The molecule has 2 atom stereocenters. The third-order valence-corrected chi connectivity index (χ3v) is 3.91. The van der Waals surface area contributed by atoms with E-state index in [9.17, 15) is 0 Å². The van der Waals surface area contributed by atoms with Gasteiger partial charge in [-0.3, -0.25) is 0 Å². The Balaban J connectivity index is 2.22. The van der Waals surface area contributed by atoms with Gasteiger partial charge in [-0.15, -0.1) is 0 Å². The molecule has 2 rings (SSSR count). The number of nitrogens with one attached hydrogen (secondary N) is 1. The average molecular weight is 309 g/mol. The molecule has 0 radical (unpaired) electrons. The van der Waals surface area contributed by atoms with Gasteiger partial charge in [0.2, 0.25) is 0 Å². The first-order valence-corrected chi connectivity index (χ1v) is 7.34. The van der Waals surface area contributed by atoms with Crippen molar-refractivity contribution >= 4 is 11.6 Å². The molecule has 114 valence electrons. The first-order chi connectivity index (χ1) is 9.93. The molecule has 0 spiro atoms. The fourth-order valence-corrected chi connectivity index (χ4v) is 2.88. The first kappa shape index (κ1) is 15.9. The molecule has 4 nitrogen and oxygen atoms in total. The Kier molecular flexibility index (Phi) is 4.91. The Morgan fingerprint density at radius 3 is 2.52 bits per heavy atom. The zero-order valence-electron chi connectivity index (χ0n) is 13.0. The van der Waals surface area contributed by atoms with E-state index < -0.39 is 0 Å². The van der Waals surface area contributed by atoms with Gasteiger partial charge in [0.1, 0.15) is 11.5 Å². The Morgan fingerprint density at radius 1 is 1.24 bits per heavy atom. The van der Waals surface area contributed by atoms with Gasteiger partial charge in [0.15, 0.2) is 0 Å². The van der Waals surface area contributed by atoms with E-state index in [-0.39, 0.29) is 12.1 Å². The fourth-order valence-electron chi connectivity index (χ4n) is 2.70. The van der Waals surface area contributed by atoms with Gasteiger partial charge in [-0.2, -0.15) is 0 Å². The van der Waals surface area contributed by atoms with E-state index >= 15 is 0 Å². The van der Waals surface area contributed by atoms with Crippen LogP contribution in [-0.2, 0) is 0 Å². The number of benzene rings is 1. The van der Waals surface area contributed by atoms with Crippen molar-refractivity contribution in [3.8, 4) is 5.75 Å². The molecular weight excluding hydrogens is 288 g/mol. The zero-order chi connectivity index (χ0) is 15.6. The van der Waals surface area contributed by atoms with Gasteiger partial charge in [0.05, 0.1) is 12.8 Å². The van der Waals surface area contributed by atoms with Crippen LogP contribution in [0.4, 0.5) is 0 Å². The lowest BCUT2D eigenvalue weighted by Gasteiger charge is -2.22. The number of rotatable bonds is 5. The lowest BCUT2D eigenvalue weighted by Crippen LogP contribution is -2.23. The number of hydrogen-bond donors (Lipinski definition) is 1. The number of halogens is 1. The van der Waals surface area contributed by atoms with Crippen LogP contribution >= 0.6 is 11.6 Å². The molecule has 1 aromatic heterocycles. The minimum Gasteiger partial charge on any atom is -0.496 e. The van der Waals surface area contributed by atoms with E-state index in [2.05, 4.69) is 24.3 Å². The second kappa shape index (κ2) is 6.50. The topological polar surface area (TPSA) is 47.3 Å². The fraction of sp³-hybridized carbons (Fsp3) is 0.438. The molecule has 0 saturated carbocycles. The van der Waals surface area contributed by atoms with Crippen molar-refractivity contribution in [3.05, 3.63) is 45.8 Å². The highest BCUT2D eigenvalue weighted by Gasteiger charge is 2.20. The summed E-state index contributed by atoms with van der Waals surface area (Å²) in [5, 5.41) is 8.25. The summed E-state index contributed by atoms with van der Waals surface area (Å²) in [5.41, 5.74) is 3.05. The number of hydrogen-bond acceptors (Lipinski definition) is 4. The van der Waals surface area contributed by atoms with Crippen molar-refractivity contribution in [3.63, 3.8) is 0 Å². The smallest absolute Gasteiger partial charge is 0.138 e. The maximum absolute atomic E-state index is 6.10. The average Bonchev–Trinajstić information content (AvgIpc) is 2.78. The zero-order valence-corrected chi connectivity index (χ0v) is 13.8. The van der Waals surface area contributed by atoms with Gasteiger partial charge in [-0.1, -0.05) is 16.8 Å². The molecule has 2 aromatic rings. The van der Waals surface area contributed by atoms with Crippen molar-refractivity contribution in [2.75, 3.05) is 7.11 Å². The van der Waals surface area contributed by atoms with E-state index in [1.807, 2.05) is 32.0 Å². The number of aryl methyl sites for hydroxylation is 2. The standard InChI is InChI=1S/C16H21ClN2O2/c1-9(14-8-13(17)6-7-15(14)20-5)18-10(2)16-11(3)19-21-12(16)4/h6-10,18H,1-5H3. The van der Waals surface area contributed by atoms with Crippen LogP contribution in [0.25, 0.3) is 0 Å². The van der Waals surface area contributed by atoms with Crippen molar-refractivity contribution in [2.24, 2.45) is 0 Å². The summed E-state index contributed by atoms with van der Waals surface area (Å²) in [6.07, 6.45) is 0. The Labute approximate surface area is 130 Å². The van der Waals surface area contributed by atoms with Crippen LogP contribution in [0, 0.1) is 13.8 Å². The predicted molar refractivity (Wildman–Crippen MR) is 83.9 cm³/mol. The Hall–Kier alpha value is -1.52. The van der Waals surface area contributed by atoms with Crippen LogP contribution in [0.5, 0.6) is 5.75 Å². The Bertz CT molecular complexity index is 605. The largest absolute Gasteiger partial charge is 0.496 e. The summed E-state index contributed by atoms with van der Waals surface area (Å²) < 4.78 is 10.6. The molecule has 1 aromatic carbocycles. The molecule has 0 saturated heterocycles. The molecule has 1 heterocycles. The van der Waals surface area contributed by atoms with Crippen molar-refractivity contribution in [2.45, 2.75) is 39.8 Å². The third-order valence-electron chi connectivity index (χ3n) is 3.68. The molecule has 0 aliphatic carbocycles. The SMILES string of the molecule is COc1ccc(Cl)cc1C(C)NC(C)c1c(C)noc1C. The summed E-state index contributed by atoms with van der Waals surface area (Å²) in [4.78, 5) is 0. The van der Waals surface area contributed by atoms with Crippen LogP contribution in [-0.4, -0.2) is 12.3 Å².